The smallest absolute Gasteiger partial charge is 0.226 e. The molecule has 1 amide bonds. The molecule has 3 rings (SSSR count). The molecule has 1 N–H and O–H groups in total. The molecule has 23 heavy (non-hydrogen) atoms. The maximum absolute atomic E-state index is 12.1. The van der Waals surface area contributed by atoms with Gasteiger partial charge in [-0.3, -0.25) is 4.79 Å². The maximum Gasteiger partial charge on any atom is 0.226 e. The number of carbonyl (C=O) groups excluding carboxylic acids is 1. The van der Waals surface area contributed by atoms with Gasteiger partial charge in [-0.05, 0) is 42.3 Å². The first-order valence-electron chi connectivity index (χ1n) is 7.13. The summed E-state index contributed by atoms with van der Waals surface area (Å²) in [5.41, 5.74) is 2.00. The first-order chi connectivity index (χ1) is 11.1. The van der Waals surface area contributed by atoms with Crippen LogP contribution in [0.1, 0.15) is 12.0 Å². The van der Waals surface area contributed by atoms with Gasteiger partial charge in [0.2, 0.25) is 5.91 Å². The summed E-state index contributed by atoms with van der Waals surface area (Å²) in [6.07, 6.45) is 1.11. The summed E-state index contributed by atoms with van der Waals surface area (Å²) < 4.78 is 7.17. The monoisotopic (exact) mass is 390 g/mol. The Labute approximate surface area is 146 Å². The van der Waals surface area contributed by atoms with Crippen molar-refractivity contribution in [3.63, 3.8) is 0 Å². The van der Waals surface area contributed by atoms with Crippen LogP contribution in [0.3, 0.4) is 0 Å². The summed E-state index contributed by atoms with van der Waals surface area (Å²) in [6, 6.07) is 13.6. The highest BCUT2D eigenvalue weighted by Gasteiger charge is 2.08. The van der Waals surface area contributed by atoms with Crippen molar-refractivity contribution in [1.29, 1.82) is 0 Å². The van der Waals surface area contributed by atoms with E-state index in [1.807, 2.05) is 42.5 Å². The summed E-state index contributed by atoms with van der Waals surface area (Å²) >= 11 is 4.91. The number of halogens is 1. The third-order valence-corrected chi connectivity index (χ3v) is 4.82. The molecule has 0 aliphatic heterocycles. The lowest BCUT2D eigenvalue weighted by Gasteiger charge is -2.03. The predicted molar refractivity (Wildman–Crippen MR) is 97.3 cm³/mol. The fourth-order valence-electron chi connectivity index (χ4n) is 2.18. The zero-order valence-electron chi connectivity index (χ0n) is 12.5. The normalized spacial score (nSPS) is 10.7. The Kier molecular flexibility index (Phi) is 4.93. The van der Waals surface area contributed by atoms with E-state index in [2.05, 4.69) is 26.2 Å². The number of nitrogens with one attached hydrogen (secondary N) is 1. The predicted octanol–water partition coefficient (Wildman–Crippen LogP) is 4.64. The van der Waals surface area contributed by atoms with E-state index in [4.69, 9.17) is 4.74 Å². The number of aromatic nitrogens is 1. The number of ether oxygens (including phenoxy) is 1. The number of aryl methyl sites for hydroxylation is 1. The first kappa shape index (κ1) is 16.0. The van der Waals surface area contributed by atoms with Crippen LogP contribution in [0.25, 0.3) is 10.2 Å². The van der Waals surface area contributed by atoms with Crippen LogP contribution in [-0.2, 0) is 11.2 Å². The Bertz CT molecular complexity index is 830. The molecule has 6 heteroatoms. The van der Waals surface area contributed by atoms with E-state index in [9.17, 15) is 4.79 Å². The first-order valence-corrected chi connectivity index (χ1v) is 8.74. The lowest BCUT2D eigenvalue weighted by atomic mass is 10.1. The molecular weight excluding hydrogens is 376 g/mol. The summed E-state index contributed by atoms with van der Waals surface area (Å²) in [6.45, 7) is 0. The summed E-state index contributed by atoms with van der Waals surface area (Å²) in [5, 5.41) is 3.51. The molecule has 0 aliphatic rings. The molecule has 118 valence electrons. The molecule has 0 spiro atoms. The van der Waals surface area contributed by atoms with Crippen LogP contribution in [0.2, 0.25) is 0 Å². The molecule has 0 saturated carbocycles. The number of hydrogen-bond acceptors (Lipinski definition) is 4. The SMILES string of the molecule is COc1ccc(CCC(=O)Nc2nc3ccc(Br)cc3s2)cc1. The second-order valence-electron chi connectivity index (χ2n) is 5.03. The van der Waals surface area contributed by atoms with Gasteiger partial charge in [0, 0.05) is 10.9 Å². The van der Waals surface area contributed by atoms with Gasteiger partial charge in [0.1, 0.15) is 5.75 Å². The average molecular weight is 391 g/mol. The van der Waals surface area contributed by atoms with Gasteiger partial charge >= 0.3 is 0 Å². The van der Waals surface area contributed by atoms with Crippen molar-refractivity contribution in [2.45, 2.75) is 12.8 Å². The second-order valence-corrected chi connectivity index (χ2v) is 6.97. The van der Waals surface area contributed by atoms with Crippen LogP contribution in [0.4, 0.5) is 5.13 Å². The molecule has 1 aromatic heterocycles. The van der Waals surface area contributed by atoms with Gasteiger partial charge in [-0.1, -0.05) is 39.4 Å². The molecule has 1 heterocycles. The lowest BCUT2D eigenvalue weighted by Crippen LogP contribution is -2.12. The Morgan fingerprint density at radius 1 is 1.26 bits per heavy atom. The van der Waals surface area contributed by atoms with Gasteiger partial charge in [0.05, 0.1) is 17.3 Å². The van der Waals surface area contributed by atoms with E-state index in [0.29, 0.717) is 18.0 Å². The highest BCUT2D eigenvalue weighted by molar-refractivity contribution is 9.10. The van der Waals surface area contributed by atoms with E-state index in [1.54, 1.807) is 7.11 Å². The summed E-state index contributed by atoms with van der Waals surface area (Å²) in [5.74, 6) is 0.790. The molecule has 0 bridgehead atoms. The van der Waals surface area contributed by atoms with Crippen molar-refractivity contribution in [3.05, 3.63) is 52.5 Å². The molecule has 0 unspecified atom stereocenters. The third kappa shape index (κ3) is 4.09. The summed E-state index contributed by atoms with van der Waals surface area (Å²) in [4.78, 5) is 16.5. The van der Waals surface area contributed by atoms with Gasteiger partial charge in [0.25, 0.3) is 0 Å². The van der Waals surface area contributed by atoms with Gasteiger partial charge in [-0.25, -0.2) is 4.98 Å². The van der Waals surface area contributed by atoms with Crippen molar-refractivity contribution in [2.24, 2.45) is 0 Å². The van der Waals surface area contributed by atoms with E-state index < -0.39 is 0 Å². The summed E-state index contributed by atoms with van der Waals surface area (Å²) in [7, 11) is 1.64. The maximum atomic E-state index is 12.1. The molecule has 4 nitrogen and oxygen atoms in total. The fraction of sp³-hybridized carbons (Fsp3) is 0.176. The number of amides is 1. The number of nitrogens with zero attached hydrogens (tertiary/aromatic N) is 1. The number of thiazole rings is 1. The highest BCUT2D eigenvalue weighted by Crippen LogP contribution is 2.28. The standard InChI is InChI=1S/C17H15BrN2O2S/c1-22-13-6-2-11(3-7-13)4-9-16(21)20-17-19-14-8-5-12(18)10-15(14)23-17/h2-3,5-8,10H,4,9H2,1H3,(H,19,20,21). The average Bonchev–Trinajstić information content (AvgIpc) is 2.94. The Morgan fingerprint density at radius 2 is 2.04 bits per heavy atom. The van der Waals surface area contributed by atoms with Gasteiger partial charge in [-0.2, -0.15) is 0 Å². The molecular formula is C17H15BrN2O2S. The van der Waals surface area contributed by atoms with Crippen LogP contribution < -0.4 is 10.1 Å². The molecule has 2 aromatic carbocycles. The third-order valence-electron chi connectivity index (χ3n) is 3.40. The Hall–Kier alpha value is -1.92. The molecule has 3 aromatic rings. The van der Waals surface area contributed by atoms with Gasteiger partial charge in [0.15, 0.2) is 5.13 Å². The lowest BCUT2D eigenvalue weighted by molar-refractivity contribution is -0.116. The number of benzene rings is 2. The van der Waals surface area contributed by atoms with Crippen molar-refractivity contribution in [3.8, 4) is 5.75 Å². The van der Waals surface area contributed by atoms with Crippen molar-refractivity contribution >= 4 is 48.5 Å². The van der Waals surface area contributed by atoms with Gasteiger partial charge in [-0.15, -0.1) is 0 Å². The molecule has 0 fully saturated rings. The minimum absolute atomic E-state index is 0.0288. The Balaban J connectivity index is 1.59. The number of anilines is 1. The van der Waals surface area contributed by atoms with E-state index in [-0.39, 0.29) is 5.91 Å². The van der Waals surface area contributed by atoms with Crippen molar-refractivity contribution in [1.82, 2.24) is 4.98 Å². The van der Waals surface area contributed by atoms with Gasteiger partial charge < -0.3 is 10.1 Å². The number of fused-ring (bicyclic) bond motifs is 1. The molecule has 0 saturated heterocycles. The molecule has 0 aliphatic carbocycles. The molecule has 0 radical (unpaired) electrons. The number of methoxy groups -OCH3 is 1. The zero-order chi connectivity index (χ0) is 16.2. The van der Waals surface area contributed by atoms with E-state index in [0.717, 1.165) is 26.0 Å². The van der Waals surface area contributed by atoms with Crippen molar-refractivity contribution < 1.29 is 9.53 Å². The minimum atomic E-state index is -0.0288. The number of carbonyl (C=O) groups is 1. The van der Waals surface area contributed by atoms with E-state index in [1.165, 1.54) is 11.3 Å². The van der Waals surface area contributed by atoms with Crippen LogP contribution in [0, 0.1) is 0 Å². The largest absolute Gasteiger partial charge is 0.497 e. The van der Waals surface area contributed by atoms with E-state index >= 15 is 0 Å². The quantitative estimate of drug-likeness (QED) is 0.690. The van der Waals surface area contributed by atoms with Crippen LogP contribution in [0.15, 0.2) is 46.9 Å². The van der Waals surface area contributed by atoms with Crippen molar-refractivity contribution in [2.75, 3.05) is 12.4 Å². The van der Waals surface area contributed by atoms with Crippen LogP contribution in [0.5, 0.6) is 5.75 Å². The minimum Gasteiger partial charge on any atom is -0.497 e. The fourth-order valence-corrected chi connectivity index (χ4v) is 3.62. The number of hydrogen-bond donors (Lipinski definition) is 1. The Morgan fingerprint density at radius 3 is 2.78 bits per heavy atom. The zero-order valence-corrected chi connectivity index (χ0v) is 14.9. The second kappa shape index (κ2) is 7.10. The van der Waals surface area contributed by atoms with Crippen LogP contribution in [-0.4, -0.2) is 18.0 Å². The topological polar surface area (TPSA) is 51.2 Å². The van der Waals surface area contributed by atoms with Crippen LogP contribution >= 0.6 is 27.3 Å². The number of rotatable bonds is 5. The highest BCUT2D eigenvalue weighted by atomic mass is 79.9. The molecule has 0 atom stereocenters.